The number of nitrogens with zero attached hydrogens (tertiary/aromatic N) is 4. The van der Waals surface area contributed by atoms with Crippen molar-refractivity contribution in [3.8, 4) is 112 Å². The Hall–Kier alpha value is -11.5. The molecule has 0 aliphatic carbocycles. The second-order valence-electron chi connectivity index (χ2n) is 22.1. The van der Waals surface area contributed by atoms with Crippen molar-refractivity contribution in [2.24, 2.45) is 0 Å². The Morgan fingerprint density at radius 3 is 1.01 bits per heavy atom. The van der Waals surface area contributed by atoms with Crippen LogP contribution < -0.4 is 0 Å². The Bertz CT molecular complexity index is 5120. The van der Waals surface area contributed by atoms with Crippen molar-refractivity contribution < 1.29 is 0 Å². The summed E-state index contributed by atoms with van der Waals surface area (Å²) in [7, 11) is 0. The molecule has 0 saturated carbocycles. The van der Waals surface area contributed by atoms with Gasteiger partial charge in [-0.3, -0.25) is 0 Å². The van der Waals surface area contributed by atoms with Gasteiger partial charge in [0, 0.05) is 44.3 Å². The average molecular weight is 1090 g/mol. The summed E-state index contributed by atoms with van der Waals surface area (Å²) >= 11 is 0. The quantitative estimate of drug-likeness (QED) is 0.128. The standard InChI is InChI=1S/C82H52N4/c1-5-21-53(22-6-1)63-49-76(55-25-9-3-10-26-55)83-78(51-63)57-37-41-59(42-38-57)80-75-48-65(72-45-61-29-13-15-31-66(61)68-33-17-19-35-70(68)72)47-74(73-46-62-30-14-16-32-67(62)69-34-18-20-36-71(69)73)81(75)86-82(85-80)60-43-39-58(40-44-60)79-52-64(54-23-7-2-8-24-54)50-77(84-79)56-27-11-4-12-28-56/h1-52H. The molecule has 0 aliphatic heterocycles. The van der Waals surface area contributed by atoms with E-state index in [-0.39, 0.29) is 0 Å². The minimum atomic E-state index is 0.624. The Kier molecular flexibility index (Phi) is 12.5. The minimum absolute atomic E-state index is 0.624. The van der Waals surface area contributed by atoms with Gasteiger partial charge in [0.25, 0.3) is 0 Å². The Morgan fingerprint density at radius 2 is 0.535 bits per heavy atom. The summed E-state index contributed by atoms with van der Waals surface area (Å²) in [6.07, 6.45) is 0. The molecule has 4 heteroatoms. The first-order valence-corrected chi connectivity index (χ1v) is 29.3. The molecule has 86 heavy (non-hydrogen) atoms. The van der Waals surface area contributed by atoms with E-state index < -0.39 is 0 Å². The van der Waals surface area contributed by atoms with Crippen molar-refractivity contribution in [1.29, 1.82) is 0 Å². The summed E-state index contributed by atoms with van der Waals surface area (Å²) in [4.78, 5) is 22.1. The molecule has 4 nitrogen and oxygen atoms in total. The monoisotopic (exact) mass is 1090 g/mol. The second-order valence-corrected chi connectivity index (χ2v) is 22.1. The number of aromatic nitrogens is 4. The molecule has 3 aromatic heterocycles. The van der Waals surface area contributed by atoms with Crippen LogP contribution in [0.5, 0.6) is 0 Å². The van der Waals surface area contributed by atoms with Gasteiger partial charge < -0.3 is 0 Å². The van der Waals surface area contributed by atoms with E-state index in [9.17, 15) is 0 Å². The van der Waals surface area contributed by atoms with Crippen LogP contribution >= 0.6 is 0 Å². The van der Waals surface area contributed by atoms with E-state index in [1.807, 2.05) is 12.1 Å². The van der Waals surface area contributed by atoms with E-state index in [1.54, 1.807) is 0 Å². The van der Waals surface area contributed by atoms with Crippen LogP contribution in [-0.2, 0) is 0 Å². The van der Waals surface area contributed by atoms with E-state index in [4.69, 9.17) is 19.9 Å². The molecule has 0 atom stereocenters. The highest BCUT2D eigenvalue weighted by Gasteiger charge is 2.22. The van der Waals surface area contributed by atoms with Crippen LogP contribution in [0.1, 0.15) is 0 Å². The molecule has 0 fully saturated rings. The summed E-state index contributed by atoms with van der Waals surface area (Å²) in [6, 6.07) is 113. The van der Waals surface area contributed by atoms with Crippen molar-refractivity contribution in [2.75, 3.05) is 0 Å². The van der Waals surface area contributed by atoms with Gasteiger partial charge >= 0.3 is 0 Å². The van der Waals surface area contributed by atoms with E-state index in [2.05, 4.69) is 303 Å². The van der Waals surface area contributed by atoms with Gasteiger partial charge in [-0.05, 0) is 131 Å². The van der Waals surface area contributed by atoms with E-state index in [0.717, 1.165) is 128 Å². The number of pyridine rings is 2. The molecule has 0 saturated heterocycles. The maximum Gasteiger partial charge on any atom is 0.160 e. The zero-order valence-corrected chi connectivity index (χ0v) is 46.8. The van der Waals surface area contributed by atoms with Gasteiger partial charge in [0.05, 0.1) is 34.0 Å². The third kappa shape index (κ3) is 9.23. The van der Waals surface area contributed by atoms with E-state index >= 15 is 0 Å². The van der Waals surface area contributed by atoms with Crippen molar-refractivity contribution in [2.45, 2.75) is 0 Å². The van der Waals surface area contributed by atoms with Gasteiger partial charge in [0.1, 0.15) is 0 Å². The molecule has 3 heterocycles. The largest absolute Gasteiger partial charge is 0.248 e. The Morgan fingerprint density at radius 1 is 0.174 bits per heavy atom. The van der Waals surface area contributed by atoms with Crippen LogP contribution in [0.4, 0.5) is 0 Å². The maximum absolute atomic E-state index is 5.76. The molecule has 0 bridgehead atoms. The van der Waals surface area contributed by atoms with Crippen LogP contribution in [0, 0.1) is 0 Å². The van der Waals surface area contributed by atoms with Crippen LogP contribution in [-0.4, -0.2) is 19.9 Å². The van der Waals surface area contributed by atoms with Crippen LogP contribution in [0.3, 0.4) is 0 Å². The number of fused-ring (bicyclic) bond motifs is 7. The molecule has 0 unspecified atom stereocenters. The van der Waals surface area contributed by atoms with Gasteiger partial charge in [-0.25, -0.2) is 19.9 Å². The zero-order chi connectivity index (χ0) is 56.9. The second kappa shape index (κ2) is 21.4. The zero-order valence-electron chi connectivity index (χ0n) is 46.8. The lowest BCUT2D eigenvalue weighted by Crippen LogP contribution is -1.99. The van der Waals surface area contributed by atoms with Crippen molar-refractivity contribution in [3.63, 3.8) is 0 Å². The fourth-order valence-corrected chi connectivity index (χ4v) is 12.6. The normalized spacial score (nSPS) is 11.5. The molecule has 0 amide bonds. The summed E-state index contributed by atoms with van der Waals surface area (Å²) < 4.78 is 0. The molecule has 13 aromatic carbocycles. The van der Waals surface area contributed by atoms with Crippen LogP contribution in [0.2, 0.25) is 0 Å². The smallest absolute Gasteiger partial charge is 0.160 e. The predicted octanol–water partition coefficient (Wildman–Crippen LogP) is 21.7. The number of rotatable bonds is 10. The topological polar surface area (TPSA) is 51.6 Å². The van der Waals surface area contributed by atoms with Gasteiger partial charge in [0.2, 0.25) is 0 Å². The van der Waals surface area contributed by atoms with Gasteiger partial charge in [-0.1, -0.05) is 267 Å². The number of benzene rings is 13. The fourth-order valence-electron chi connectivity index (χ4n) is 12.6. The first-order valence-electron chi connectivity index (χ1n) is 29.3. The third-order valence-corrected chi connectivity index (χ3v) is 16.8. The van der Waals surface area contributed by atoms with E-state index in [1.165, 1.54) is 32.3 Å². The molecule has 0 N–H and O–H groups in total. The fraction of sp³-hybridized carbons (Fsp3) is 0. The van der Waals surface area contributed by atoms with Crippen molar-refractivity contribution in [1.82, 2.24) is 19.9 Å². The molecular weight excluding hydrogens is 1040 g/mol. The van der Waals surface area contributed by atoms with Crippen LogP contribution in [0.15, 0.2) is 315 Å². The molecule has 400 valence electrons. The SMILES string of the molecule is c1ccc(-c2cc(-c3ccccc3)nc(-c3ccc(-c4nc(-c5ccc(-c6cc(-c7ccccc7)cc(-c7ccccc7)n6)cc5)c5cc(-c6cc7ccccc7c7ccccc67)cc(-c6cc7ccccc7c7ccccc67)c5n4)cc3)c2)cc1. The summed E-state index contributed by atoms with van der Waals surface area (Å²) in [5.74, 6) is 0.624. The molecule has 16 aromatic rings. The lowest BCUT2D eigenvalue weighted by Gasteiger charge is -2.19. The Balaban J connectivity index is 0.933. The van der Waals surface area contributed by atoms with Crippen molar-refractivity contribution >= 4 is 54.0 Å². The molecular formula is C82H52N4. The first-order chi connectivity index (χ1) is 42.6. The lowest BCUT2D eigenvalue weighted by atomic mass is 9.87. The van der Waals surface area contributed by atoms with Crippen LogP contribution in [0.25, 0.3) is 166 Å². The predicted molar refractivity (Wildman–Crippen MR) is 360 cm³/mol. The highest BCUT2D eigenvalue weighted by molar-refractivity contribution is 6.19. The summed E-state index contributed by atoms with van der Waals surface area (Å²) in [6.45, 7) is 0. The van der Waals surface area contributed by atoms with Gasteiger partial charge in [-0.2, -0.15) is 0 Å². The van der Waals surface area contributed by atoms with Gasteiger partial charge in [-0.15, -0.1) is 0 Å². The summed E-state index contributed by atoms with van der Waals surface area (Å²) in [5.41, 5.74) is 20.1. The highest BCUT2D eigenvalue weighted by Crippen LogP contribution is 2.45. The number of hydrogen-bond acceptors (Lipinski definition) is 4. The van der Waals surface area contributed by atoms with Crippen molar-refractivity contribution in [3.05, 3.63) is 315 Å². The highest BCUT2D eigenvalue weighted by atomic mass is 14.9. The molecule has 16 rings (SSSR count). The van der Waals surface area contributed by atoms with Gasteiger partial charge in [0.15, 0.2) is 5.82 Å². The Labute approximate surface area is 498 Å². The average Bonchev–Trinajstić information content (AvgIpc) is 1.99. The lowest BCUT2D eigenvalue weighted by molar-refractivity contribution is 1.23. The third-order valence-electron chi connectivity index (χ3n) is 16.8. The molecule has 0 spiro atoms. The maximum atomic E-state index is 5.76. The molecule has 0 aliphatic rings. The molecule has 0 radical (unpaired) electrons. The first kappa shape index (κ1) is 50.3. The number of hydrogen-bond donors (Lipinski definition) is 0. The van der Waals surface area contributed by atoms with E-state index in [0.29, 0.717) is 5.82 Å². The minimum Gasteiger partial charge on any atom is -0.248 e. The summed E-state index contributed by atoms with van der Waals surface area (Å²) in [5, 5.41) is 10.5.